The smallest absolute Gasteiger partial charge is 0.160 e. The van der Waals surface area contributed by atoms with Gasteiger partial charge < -0.3 is 9.47 Å². The first-order valence-electron chi connectivity index (χ1n) is 10.6. The normalized spacial score (nSPS) is 23.0. The highest BCUT2D eigenvalue weighted by atomic mass is 32.2. The summed E-state index contributed by atoms with van der Waals surface area (Å²) in [5.41, 5.74) is 8.90. The van der Waals surface area contributed by atoms with Crippen molar-refractivity contribution in [3.8, 4) is 5.69 Å². The van der Waals surface area contributed by atoms with Gasteiger partial charge in [-0.2, -0.15) is 0 Å². The molecule has 30 heavy (non-hydrogen) atoms. The van der Waals surface area contributed by atoms with Gasteiger partial charge in [-0.25, -0.2) is 0 Å². The number of thioether (sulfide) groups is 1. The molecule has 4 heterocycles. The maximum Gasteiger partial charge on any atom is 0.160 e. The maximum absolute atomic E-state index is 5.15. The summed E-state index contributed by atoms with van der Waals surface area (Å²) < 4.78 is 2.43. The zero-order valence-electron chi connectivity index (χ0n) is 18.3. The molecule has 1 fully saturated rings. The molecule has 0 radical (unpaired) electrons. The number of benzene rings is 1. The van der Waals surface area contributed by atoms with Crippen LogP contribution in [-0.2, 0) is 0 Å². The van der Waals surface area contributed by atoms with E-state index in [9.17, 15) is 0 Å². The van der Waals surface area contributed by atoms with Gasteiger partial charge >= 0.3 is 0 Å². The number of amidine groups is 1. The molecule has 1 saturated heterocycles. The third-order valence-corrected chi connectivity index (χ3v) is 7.44. The molecule has 4 nitrogen and oxygen atoms in total. The number of hydrogen-bond donors (Lipinski definition) is 0. The van der Waals surface area contributed by atoms with E-state index in [0.29, 0.717) is 5.25 Å². The number of pyridine rings is 1. The summed E-state index contributed by atoms with van der Waals surface area (Å²) >= 11 is 1.89. The molecule has 1 aromatic carbocycles. The van der Waals surface area contributed by atoms with Gasteiger partial charge in [0.25, 0.3) is 0 Å². The van der Waals surface area contributed by atoms with Gasteiger partial charge in [0, 0.05) is 29.4 Å². The van der Waals surface area contributed by atoms with Crippen molar-refractivity contribution in [2.75, 3.05) is 6.54 Å². The van der Waals surface area contributed by atoms with Crippen LogP contribution in [0.4, 0.5) is 0 Å². The van der Waals surface area contributed by atoms with Gasteiger partial charge in [0.1, 0.15) is 6.04 Å². The number of rotatable bonds is 3. The summed E-state index contributed by atoms with van der Waals surface area (Å²) in [5, 5.41) is 1.73. The van der Waals surface area contributed by atoms with Crippen molar-refractivity contribution in [2.24, 2.45) is 4.99 Å². The Bertz CT molecular complexity index is 1110. The Balaban J connectivity index is 1.66. The fourth-order valence-corrected chi connectivity index (χ4v) is 6.14. The fraction of sp³-hybridized carbons (Fsp3) is 0.360. The highest BCUT2D eigenvalue weighted by Crippen LogP contribution is 2.49. The van der Waals surface area contributed by atoms with Gasteiger partial charge in [-0.3, -0.25) is 9.98 Å². The summed E-state index contributed by atoms with van der Waals surface area (Å²) in [7, 11) is 0. The second-order valence-corrected chi connectivity index (χ2v) is 9.94. The average Bonchev–Trinajstić information content (AvgIpc) is 3.33. The highest BCUT2D eigenvalue weighted by Gasteiger charge is 2.44. The Kier molecular flexibility index (Phi) is 4.73. The van der Waals surface area contributed by atoms with E-state index in [1.54, 1.807) is 0 Å². The lowest BCUT2D eigenvalue weighted by Crippen LogP contribution is -2.29. The van der Waals surface area contributed by atoms with Gasteiger partial charge in [0.05, 0.1) is 17.4 Å². The lowest BCUT2D eigenvalue weighted by Gasteiger charge is -2.27. The number of fused-ring (bicyclic) bond motifs is 1. The lowest BCUT2D eigenvalue weighted by atomic mass is 9.96. The highest BCUT2D eigenvalue weighted by molar-refractivity contribution is 8.14. The van der Waals surface area contributed by atoms with Gasteiger partial charge in [0.15, 0.2) is 5.17 Å². The third kappa shape index (κ3) is 2.99. The first-order chi connectivity index (χ1) is 14.5. The Morgan fingerprint density at radius 2 is 1.77 bits per heavy atom. The van der Waals surface area contributed by atoms with E-state index in [1.807, 2.05) is 24.0 Å². The van der Waals surface area contributed by atoms with Crippen LogP contribution < -0.4 is 0 Å². The van der Waals surface area contributed by atoms with E-state index in [1.165, 1.54) is 38.9 Å². The Hall–Kier alpha value is -2.53. The molecular formula is C25H28N4S. The molecular weight excluding hydrogens is 388 g/mol. The van der Waals surface area contributed by atoms with Crippen LogP contribution in [0.2, 0.25) is 0 Å². The fourth-order valence-electron chi connectivity index (χ4n) is 5.04. The van der Waals surface area contributed by atoms with E-state index in [2.05, 4.69) is 85.5 Å². The molecule has 2 aliphatic heterocycles. The van der Waals surface area contributed by atoms with Crippen LogP contribution in [0.15, 0.2) is 53.7 Å². The van der Waals surface area contributed by atoms with Crippen LogP contribution in [0, 0.1) is 27.7 Å². The van der Waals surface area contributed by atoms with Crippen molar-refractivity contribution in [3.63, 3.8) is 0 Å². The van der Waals surface area contributed by atoms with Crippen molar-refractivity contribution in [3.05, 3.63) is 82.4 Å². The zero-order chi connectivity index (χ0) is 21.0. The van der Waals surface area contributed by atoms with E-state index < -0.39 is 0 Å². The standard InChI is InChI=1S/C25H28N4S/c1-15-9-8-10-16(2)23(15)29-17(3)13-20(19(29)5)24-22(21-11-6-7-12-26-21)27-25-28(24)14-18(4)30-25/h6-13,18,22,24H,14H2,1-5H3/t18-,22-,24-/m1/s1. The number of hydrogen-bond acceptors (Lipinski definition) is 4. The molecule has 0 bridgehead atoms. The van der Waals surface area contributed by atoms with Gasteiger partial charge in [-0.05, 0) is 62.6 Å². The molecule has 5 heteroatoms. The summed E-state index contributed by atoms with van der Waals surface area (Å²) in [6, 6.07) is 15.3. The van der Waals surface area contributed by atoms with Crippen molar-refractivity contribution in [2.45, 2.75) is 52.0 Å². The topological polar surface area (TPSA) is 33.4 Å². The Morgan fingerprint density at radius 1 is 1.00 bits per heavy atom. The molecule has 2 aliphatic rings. The lowest BCUT2D eigenvalue weighted by molar-refractivity contribution is 0.320. The molecule has 0 unspecified atom stereocenters. The number of aliphatic imine (C=N–C) groups is 1. The van der Waals surface area contributed by atoms with E-state index in [4.69, 9.17) is 4.99 Å². The molecule has 3 atom stereocenters. The van der Waals surface area contributed by atoms with Crippen molar-refractivity contribution < 1.29 is 0 Å². The molecule has 0 aliphatic carbocycles. The number of aromatic nitrogens is 2. The second-order valence-electron chi connectivity index (χ2n) is 8.54. The van der Waals surface area contributed by atoms with Crippen LogP contribution in [0.1, 0.15) is 52.8 Å². The molecule has 3 aromatic rings. The predicted octanol–water partition coefficient (Wildman–Crippen LogP) is 5.70. The summed E-state index contributed by atoms with van der Waals surface area (Å²) in [6.07, 6.45) is 1.88. The zero-order valence-corrected chi connectivity index (χ0v) is 19.1. The number of para-hydroxylation sites is 1. The summed E-state index contributed by atoms with van der Waals surface area (Å²) in [6.45, 7) is 12.2. The molecule has 0 amide bonds. The summed E-state index contributed by atoms with van der Waals surface area (Å²) in [4.78, 5) is 12.3. The van der Waals surface area contributed by atoms with Crippen LogP contribution in [0.25, 0.3) is 5.69 Å². The van der Waals surface area contributed by atoms with E-state index in [0.717, 1.165) is 12.2 Å². The summed E-state index contributed by atoms with van der Waals surface area (Å²) in [5.74, 6) is 0. The maximum atomic E-state index is 5.15. The molecule has 0 N–H and O–H groups in total. The Labute approximate surface area is 183 Å². The SMILES string of the molecule is Cc1cccc(C)c1-n1c(C)cc([C@@H]2[C@@H](c3ccccn3)N=C3S[C@H](C)CN32)c1C. The quantitative estimate of drug-likeness (QED) is 0.549. The largest absolute Gasteiger partial charge is 0.341 e. The monoisotopic (exact) mass is 416 g/mol. The van der Waals surface area contributed by atoms with Crippen LogP contribution >= 0.6 is 11.8 Å². The van der Waals surface area contributed by atoms with Crippen molar-refractivity contribution in [1.29, 1.82) is 0 Å². The van der Waals surface area contributed by atoms with Crippen LogP contribution in [-0.4, -0.2) is 31.4 Å². The first kappa shape index (κ1) is 19.4. The minimum absolute atomic E-state index is 0.0353. The molecule has 2 aromatic heterocycles. The third-order valence-electron chi connectivity index (χ3n) is 6.33. The first-order valence-corrected chi connectivity index (χ1v) is 11.5. The number of nitrogens with zero attached hydrogens (tertiary/aromatic N) is 4. The molecule has 154 valence electrons. The van der Waals surface area contributed by atoms with Crippen molar-refractivity contribution >= 4 is 16.9 Å². The predicted molar refractivity (Wildman–Crippen MR) is 126 cm³/mol. The molecule has 0 saturated carbocycles. The minimum Gasteiger partial charge on any atom is -0.341 e. The Morgan fingerprint density at radius 3 is 2.47 bits per heavy atom. The second kappa shape index (κ2) is 7.31. The van der Waals surface area contributed by atoms with Crippen molar-refractivity contribution in [1.82, 2.24) is 14.5 Å². The van der Waals surface area contributed by atoms with E-state index in [-0.39, 0.29) is 12.1 Å². The van der Waals surface area contributed by atoms with Gasteiger partial charge in [-0.1, -0.05) is 43.0 Å². The molecule has 5 rings (SSSR count). The molecule has 0 spiro atoms. The minimum atomic E-state index is 0.0353. The number of aryl methyl sites for hydroxylation is 3. The van der Waals surface area contributed by atoms with E-state index >= 15 is 0 Å². The van der Waals surface area contributed by atoms with Gasteiger partial charge in [-0.15, -0.1) is 0 Å². The average molecular weight is 417 g/mol. The van der Waals surface area contributed by atoms with Gasteiger partial charge in [0.2, 0.25) is 0 Å². The van der Waals surface area contributed by atoms with Crippen LogP contribution in [0.5, 0.6) is 0 Å². The van der Waals surface area contributed by atoms with Crippen LogP contribution in [0.3, 0.4) is 0 Å².